The van der Waals surface area contributed by atoms with Crippen molar-refractivity contribution in [2.45, 2.75) is 75.7 Å². The SMILES string of the molecule is C=CCCCCCCC1([SiH](Cl)Cl)CCCCC1. The van der Waals surface area contributed by atoms with Crippen molar-refractivity contribution in [1.29, 1.82) is 0 Å². The molecule has 100 valence electrons. The monoisotopic (exact) mass is 292 g/mol. The molecule has 3 heteroatoms. The van der Waals surface area contributed by atoms with Gasteiger partial charge >= 0.3 is 0 Å². The largest absolute Gasteiger partial charge is 0.243 e. The van der Waals surface area contributed by atoms with E-state index in [1.165, 1.54) is 64.2 Å². The number of halogens is 2. The average molecular weight is 293 g/mol. The summed E-state index contributed by atoms with van der Waals surface area (Å²) in [4.78, 5) is 0. The first-order valence-electron chi connectivity index (χ1n) is 7.10. The number of allylic oxidation sites excluding steroid dienone is 1. The smallest absolute Gasteiger partial charge is 0.150 e. The predicted molar refractivity (Wildman–Crippen MR) is 82.5 cm³/mol. The maximum atomic E-state index is 6.37. The van der Waals surface area contributed by atoms with Gasteiger partial charge in [0.05, 0.1) is 0 Å². The van der Waals surface area contributed by atoms with Crippen LogP contribution in [-0.4, -0.2) is 7.42 Å². The van der Waals surface area contributed by atoms with E-state index in [-0.39, 0.29) is 0 Å². The molecule has 1 aliphatic rings. The maximum absolute atomic E-state index is 6.37. The van der Waals surface area contributed by atoms with Crippen molar-refractivity contribution >= 4 is 29.6 Å². The Balaban J connectivity index is 2.22. The Hall–Kier alpha value is 0.537. The van der Waals surface area contributed by atoms with E-state index in [0.717, 1.165) is 6.42 Å². The lowest BCUT2D eigenvalue weighted by atomic mass is 9.84. The second-order valence-corrected chi connectivity index (χ2v) is 10.6. The summed E-state index contributed by atoms with van der Waals surface area (Å²) in [7, 11) is -1.52. The van der Waals surface area contributed by atoms with Crippen LogP contribution < -0.4 is 0 Å². The van der Waals surface area contributed by atoms with E-state index in [0.29, 0.717) is 5.04 Å². The van der Waals surface area contributed by atoms with Gasteiger partial charge in [0.25, 0.3) is 0 Å². The van der Waals surface area contributed by atoms with Crippen LogP contribution in [0.2, 0.25) is 5.04 Å². The highest BCUT2D eigenvalue weighted by molar-refractivity contribution is 7.35. The first-order valence-corrected chi connectivity index (χ1v) is 11.2. The zero-order chi connectivity index (χ0) is 12.6. The molecule has 0 heterocycles. The van der Waals surface area contributed by atoms with Gasteiger partial charge in [0.1, 0.15) is 0 Å². The first-order chi connectivity index (χ1) is 8.21. The Morgan fingerprint density at radius 1 is 1.00 bits per heavy atom. The van der Waals surface area contributed by atoms with Gasteiger partial charge in [-0.05, 0) is 37.1 Å². The summed E-state index contributed by atoms with van der Waals surface area (Å²) < 4.78 is 0. The Labute approximate surface area is 118 Å². The van der Waals surface area contributed by atoms with Crippen LogP contribution in [-0.2, 0) is 0 Å². The van der Waals surface area contributed by atoms with Crippen LogP contribution in [0.1, 0.15) is 70.6 Å². The van der Waals surface area contributed by atoms with Gasteiger partial charge in [0, 0.05) is 0 Å². The van der Waals surface area contributed by atoms with E-state index in [9.17, 15) is 0 Å². The van der Waals surface area contributed by atoms with E-state index in [2.05, 4.69) is 6.58 Å². The average Bonchev–Trinajstić information content (AvgIpc) is 2.34. The minimum atomic E-state index is -1.52. The van der Waals surface area contributed by atoms with Crippen LogP contribution in [0.25, 0.3) is 0 Å². The minimum Gasteiger partial charge on any atom is -0.150 e. The van der Waals surface area contributed by atoms with Crippen LogP contribution in [0, 0.1) is 0 Å². The molecule has 0 aliphatic heterocycles. The third-order valence-electron chi connectivity index (χ3n) is 4.15. The summed E-state index contributed by atoms with van der Waals surface area (Å²) in [5.74, 6) is 0. The molecule has 0 spiro atoms. The molecule has 0 radical (unpaired) electrons. The molecular weight excluding hydrogens is 267 g/mol. The van der Waals surface area contributed by atoms with E-state index in [4.69, 9.17) is 22.2 Å². The van der Waals surface area contributed by atoms with Crippen LogP contribution in [0.15, 0.2) is 12.7 Å². The number of hydrogen-bond donors (Lipinski definition) is 0. The van der Waals surface area contributed by atoms with Gasteiger partial charge in [-0.2, -0.15) is 0 Å². The lowest BCUT2D eigenvalue weighted by Crippen LogP contribution is -2.27. The van der Waals surface area contributed by atoms with E-state index < -0.39 is 7.42 Å². The lowest BCUT2D eigenvalue weighted by Gasteiger charge is -2.37. The minimum absolute atomic E-state index is 0.375. The zero-order valence-electron chi connectivity index (χ0n) is 10.9. The summed E-state index contributed by atoms with van der Waals surface area (Å²) >= 11 is 12.7. The summed E-state index contributed by atoms with van der Waals surface area (Å²) in [6, 6.07) is 0. The Kier molecular flexibility index (Phi) is 7.89. The molecule has 1 fully saturated rings. The quantitative estimate of drug-likeness (QED) is 0.226. The summed E-state index contributed by atoms with van der Waals surface area (Å²) in [6.45, 7) is 3.76. The third-order valence-corrected chi connectivity index (χ3v) is 8.71. The molecule has 0 saturated heterocycles. The molecule has 0 amide bonds. The van der Waals surface area contributed by atoms with Crippen molar-refractivity contribution in [2.24, 2.45) is 0 Å². The normalized spacial score (nSPS) is 19.5. The molecular formula is C14H26Cl2Si. The molecule has 1 aliphatic carbocycles. The van der Waals surface area contributed by atoms with Crippen molar-refractivity contribution in [3.63, 3.8) is 0 Å². The Morgan fingerprint density at radius 2 is 1.65 bits per heavy atom. The fourth-order valence-corrected chi connectivity index (χ4v) is 6.18. The van der Waals surface area contributed by atoms with Crippen molar-refractivity contribution in [1.82, 2.24) is 0 Å². The van der Waals surface area contributed by atoms with Gasteiger partial charge in [0.2, 0.25) is 7.42 Å². The highest BCUT2D eigenvalue weighted by Crippen LogP contribution is 2.51. The summed E-state index contributed by atoms with van der Waals surface area (Å²) in [6.07, 6.45) is 16.4. The van der Waals surface area contributed by atoms with Gasteiger partial charge in [-0.25, -0.2) is 0 Å². The van der Waals surface area contributed by atoms with Gasteiger partial charge in [0.15, 0.2) is 0 Å². The highest BCUT2D eigenvalue weighted by Gasteiger charge is 2.38. The first kappa shape index (κ1) is 15.6. The second kappa shape index (κ2) is 8.61. The fourth-order valence-electron chi connectivity index (χ4n) is 2.95. The topological polar surface area (TPSA) is 0 Å². The van der Waals surface area contributed by atoms with Gasteiger partial charge in [-0.1, -0.05) is 44.6 Å². The van der Waals surface area contributed by atoms with Gasteiger partial charge < -0.3 is 0 Å². The van der Waals surface area contributed by atoms with E-state index in [1.54, 1.807) is 0 Å². The zero-order valence-corrected chi connectivity index (χ0v) is 13.6. The molecule has 1 saturated carbocycles. The standard InChI is InChI=1S/C14H26Cl2Si/c1-2-3-4-5-6-8-11-14(17(15)16)12-9-7-10-13-14/h2,17H,1,3-13H2. The summed E-state index contributed by atoms with van der Waals surface area (Å²) in [5, 5.41) is 0.375. The Morgan fingerprint density at radius 3 is 2.24 bits per heavy atom. The second-order valence-electron chi connectivity index (χ2n) is 5.47. The number of unbranched alkanes of at least 4 members (excludes halogenated alkanes) is 4. The molecule has 0 aromatic heterocycles. The maximum Gasteiger partial charge on any atom is 0.243 e. The van der Waals surface area contributed by atoms with E-state index in [1.807, 2.05) is 6.08 Å². The van der Waals surface area contributed by atoms with Crippen LogP contribution in [0.5, 0.6) is 0 Å². The third kappa shape index (κ3) is 5.36. The van der Waals surface area contributed by atoms with Crippen molar-refractivity contribution in [3.05, 3.63) is 12.7 Å². The summed E-state index contributed by atoms with van der Waals surface area (Å²) in [5.41, 5.74) is 0. The van der Waals surface area contributed by atoms with Crippen molar-refractivity contribution in [2.75, 3.05) is 0 Å². The molecule has 1 rings (SSSR count). The van der Waals surface area contributed by atoms with E-state index >= 15 is 0 Å². The van der Waals surface area contributed by atoms with Gasteiger partial charge in [-0.15, -0.1) is 28.7 Å². The lowest BCUT2D eigenvalue weighted by molar-refractivity contribution is 0.344. The molecule has 0 aromatic rings. The predicted octanol–water partition coefficient (Wildman–Crippen LogP) is 5.92. The molecule has 0 bridgehead atoms. The molecule has 0 nitrogen and oxygen atoms in total. The van der Waals surface area contributed by atoms with Crippen molar-refractivity contribution in [3.8, 4) is 0 Å². The number of rotatable bonds is 8. The molecule has 0 aromatic carbocycles. The highest BCUT2D eigenvalue weighted by atomic mass is 35.7. The molecule has 0 N–H and O–H groups in total. The fraction of sp³-hybridized carbons (Fsp3) is 0.857. The van der Waals surface area contributed by atoms with Crippen molar-refractivity contribution < 1.29 is 0 Å². The Bertz CT molecular complexity index is 210. The number of hydrogen-bond acceptors (Lipinski definition) is 0. The molecule has 17 heavy (non-hydrogen) atoms. The van der Waals surface area contributed by atoms with Crippen LogP contribution in [0.3, 0.4) is 0 Å². The van der Waals surface area contributed by atoms with Crippen LogP contribution >= 0.6 is 22.2 Å². The molecule has 0 unspecified atom stereocenters. The van der Waals surface area contributed by atoms with Crippen LogP contribution in [0.4, 0.5) is 0 Å². The molecule has 0 atom stereocenters. The van der Waals surface area contributed by atoms with Gasteiger partial charge in [-0.3, -0.25) is 0 Å².